The van der Waals surface area contributed by atoms with Crippen LogP contribution >= 0.6 is 0 Å². The SMILES string of the molecule is CC(C)=CCC/C(C)=C/CCc1ccc2c(c1)C(=O)c1ccc(CCCC(C)CCC=C(C)C)cc1C2=O. The summed E-state index contributed by atoms with van der Waals surface area (Å²) >= 11 is 0. The van der Waals surface area contributed by atoms with Gasteiger partial charge in [0.1, 0.15) is 0 Å². The van der Waals surface area contributed by atoms with E-state index in [0.717, 1.165) is 56.1 Å². The van der Waals surface area contributed by atoms with Gasteiger partial charge in [0.05, 0.1) is 0 Å². The minimum atomic E-state index is -0.0238. The van der Waals surface area contributed by atoms with E-state index < -0.39 is 0 Å². The zero-order valence-electron chi connectivity index (χ0n) is 24.5. The zero-order valence-corrected chi connectivity index (χ0v) is 24.5. The van der Waals surface area contributed by atoms with Crippen LogP contribution in [0, 0.1) is 5.92 Å². The molecule has 0 saturated heterocycles. The summed E-state index contributed by atoms with van der Waals surface area (Å²) in [6.45, 7) is 13.1. The molecule has 3 rings (SSSR count). The average molecular weight is 511 g/mol. The lowest BCUT2D eigenvalue weighted by atomic mass is 9.82. The molecule has 0 radical (unpaired) electrons. The Morgan fingerprint density at radius 3 is 1.79 bits per heavy atom. The molecule has 1 unspecified atom stereocenters. The van der Waals surface area contributed by atoms with E-state index in [1.165, 1.54) is 29.6 Å². The smallest absolute Gasteiger partial charge is 0.194 e. The Labute approximate surface area is 230 Å². The summed E-state index contributed by atoms with van der Waals surface area (Å²) in [7, 11) is 0. The molecule has 202 valence electrons. The summed E-state index contributed by atoms with van der Waals surface area (Å²) in [6, 6.07) is 11.7. The first kappa shape index (κ1) is 29.6. The summed E-state index contributed by atoms with van der Waals surface area (Å²) in [6.07, 6.45) is 16.4. The molecule has 0 N–H and O–H groups in total. The van der Waals surface area contributed by atoms with E-state index in [4.69, 9.17) is 0 Å². The van der Waals surface area contributed by atoms with Gasteiger partial charge in [0, 0.05) is 22.3 Å². The largest absolute Gasteiger partial charge is 0.289 e. The van der Waals surface area contributed by atoms with Crippen LogP contribution in [0.25, 0.3) is 0 Å². The number of fused-ring (bicyclic) bond motifs is 2. The molecule has 1 aliphatic carbocycles. The van der Waals surface area contributed by atoms with Gasteiger partial charge in [-0.15, -0.1) is 0 Å². The van der Waals surface area contributed by atoms with Gasteiger partial charge < -0.3 is 0 Å². The number of carbonyl (C=O) groups is 2. The maximum absolute atomic E-state index is 13.4. The lowest BCUT2D eigenvalue weighted by Crippen LogP contribution is -2.21. The first-order valence-electron chi connectivity index (χ1n) is 14.4. The number of hydrogen-bond donors (Lipinski definition) is 0. The van der Waals surface area contributed by atoms with Crippen molar-refractivity contribution in [3.63, 3.8) is 0 Å². The molecular formula is C36H46O2. The molecule has 1 aliphatic rings. The molecule has 2 aromatic carbocycles. The lowest BCUT2D eigenvalue weighted by Gasteiger charge is -2.19. The van der Waals surface area contributed by atoms with Crippen molar-refractivity contribution < 1.29 is 9.59 Å². The first-order valence-corrected chi connectivity index (χ1v) is 14.4. The second-order valence-electron chi connectivity index (χ2n) is 11.7. The van der Waals surface area contributed by atoms with Gasteiger partial charge in [0.2, 0.25) is 0 Å². The molecule has 0 saturated carbocycles. The van der Waals surface area contributed by atoms with Crippen molar-refractivity contribution in [2.45, 2.75) is 99.3 Å². The van der Waals surface area contributed by atoms with Gasteiger partial charge >= 0.3 is 0 Å². The summed E-state index contributed by atoms with van der Waals surface area (Å²) in [5.74, 6) is 0.645. The summed E-state index contributed by atoms with van der Waals surface area (Å²) in [4.78, 5) is 26.7. The Morgan fingerprint density at radius 1 is 0.658 bits per heavy atom. The van der Waals surface area contributed by atoms with Crippen LogP contribution in [0.15, 0.2) is 71.3 Å². The Hall–Kier alpha value is -3.00. The van der Waals surface area contributed by atoms with Gasteiger partial charge in [-0.2, -0.15) is 0 Å². The molecule has 0 bridgehead atoms. The highest BCUT2D eigenvalue weighted by atomic mass is 16.1. The van der Waals surface area contributed by atoms with Crippen LogP contribution in [-0.4, -0.2) is 11.6 Å². The molecule has 0 fully saturated rings. The molecule has 2 aromatic rings. The number of ketones is 2. The van der Waals surface area contributed by atoms with Crippen molar-refractivity contribution in [1.29, 1.82) is 0 Å². The monoisotopic (exact) mass is 510 g/mol. The molecule has 0 amide bonds. The number of allylic oxidation sites excluding steroid dienone is 6. The van der Waals surface area contributed by atoms with E-state index in [2.05, 4.69) is 59.8 Å². The Bertz CT molecular complexity index is 1230. The second kappa shape index (κ2) is 14.2. The van der Waals surface area contributed by atoms with Crippen molar-refractivity contribution in [1.82, 2.24) is 0 Å². The van der Waals surface area contributed by atoms with E-state index in [1.54, 1.807) is 0 Å². The molecule has 0 aromatic heterocycles. The molecule has 0 heterocycles. The van der Waals surface area contributed by atoms with Crippen molar-refractivity contribution in [2.75, 3.05) is 0 Å². The number of aryl methyl sites for hydroxylation is 2. The first-order chi connectivity index (χ1) is 18.2. The van der Waals surface area contributed by atoms with E-state index >= 15 is 0 Å². The van der Waals surface area contributed by atoms with Gasteiger partial charge in [-0.3, -0.25) is 9.59 Å². The minimum absolute atomic E-state index is 0.0203. The lowest BCUT2D eigenvalue weighted by molar-refractivity contribution is 0.0979. The predicted molar refractivity (Wildman–Crippen MR) is 161 cm³/mol. The van der Waals surface area contributed by atoms with Gasteiger partial charge in [-0.05, 0) is 115 Å². The van der Waals surface area contributed by atoms with Crippen LogP contribution < -0.4 is 0 Å². The number of carbonyl (C=O) groups excluding carboxylic acids is 2. The van der Waals surface area contributed by atoms with Crippen molar-refractivity contribution in [3.8, 4) is 0 Å². The number of benzene rings is 2. The fourth-order valence-electron chi connectivity index (χ4n) is 5.19. The van der Waals surface area contributed by atoms with Crippen molar-refractivity contribution in [2.24, 2.45) is 5.92 Å². The third kappa shape index (κ3) is 8.51. The summed E-state index contributed by atoms with van der Waals surface area (Å²) in [5.41, 5.74) is 8.62. The highest BCUT2D eigenvalue weighted by Crippen LogP contribution is 2.30. The number of rotatable bonds is 13. The molecule has 2 nitrogen and oxygen atoms in total. The predicted octanol–water partition coefficient (Wildman–Crippen LogP) is 9.79. The van der Waals surface area contributed by atoms with Gasteiger partial charge in [0.15, 0.2) is 11.6 Å². The van der Waals surface area contributed by atoms with Crippen LogP contribution in [-0.2, 0) is 12.8 Å². The third-order valence-electron chi connectivity index (χ3n) is 7.54. The highest BCUT2D eigenvalue weighted by Gasteiger charge is 2.29. The van der Waals surface area contributed by atoms with E-state index in [1.807, 2.05) is 36.4 Å². The third-order valence-corrected chi connectivity index (χ3v) is 7.54. The number of hydrogen-bond acceptors (Lipinski definition) is 2. The second-order valence-corrected chi connectivity index (χ2v) is 11.7. The van der Waals surface area contributed by atoms with Crippen molar-refractivity contribution in [3.05, 3.63) is 105 Å². The average Bonchev–Trinajstić information content (AvgIpc) is 2.86. The van der Waals surface area contributed by atoms with Gasteiger partial charge in [-0.25, -0.2) is 0 Å². The summed E-state index contributed by atoms with van der Waals surface area (Å²) < 4.78 is 0. The maximum atomic E-state index is 13.4. The highest BCUT2D eigenvalue weighted by molar-refractivity contribution is 6.28. The quantitative estimate of drug-likeness (QED) is 0.214. The fraction of sp³-hybridized carbons (Fsp3) is 0.444. The maximum Gasteiger partial charge on any atom is 0.194 e. The molecule has 1 atom stereocenters. The Balaban J connectivity index is 1.61. The Kier molecular flexibility index (Phi) is 11.1. The van der Waals surface area contributed by atoms with Gasteiger partial charge in [0.25, 0.3) is 0 Å². The van der Waals surface area contributed by atoms with Gasteiger partial charge in [-0.1, -0.05) is 72.6 Å². The molecular weight excluding hydrogens is 464 g/mol. The van der Waals surface area contributed by atoms with Crippen LogP contribution in [0.4, 0.5) is 0 Å². The van der Waals surface area contributed by atoms with Crippen molar-refractivity contribution >= 4 is 11.6 Å². The van der Waals surface area contributed by atoms with Crippen LogP contribution in [0.5, 0.6) is 0 Å². The Morgan fingerprint density at radius 2 is 1.21 bits per heavy atom. The van der Waals surface area contributed by atoms with E-state index in [0.29, 0.717) is 28.2 Å². The van der Waals surface area contributed by atoms with Crippen LogP contribution in [0.1, 0.15) is 129 Å². The normalized spacial score (nSPS) is 13.6. The molecule has 38 heavy (non-hydrogen) atoms. The van der Waals surface area contributed by atoms with E-state index in [-0.39, 0.29) is 11.6 Å². The molecule has 2 heteroatoms. The molecule has 0 spiro atoms. The van der Waals surface area contributed by atoms with Crippen LogP contribution in [0.3, 0.4) is 0 Å². The van der Waals surface area contributed by atoms with E-state index in [9.17, 15) is 9.59 Å². The standard InChI is InChI=1S/C36H46O2/c1-25(2)11-7-13-27(5)15-9-17-29-19-21-31-33(23-29)35(37)32-22-20-30(24-34(32)36(31)38)18-10-16-28(6)14-8-12-26(3)4/h11-12,15,19-24,28H,7-10,13-14,16-18H2,1-6H3/b27-15+. The topological polar surface area (TPSA) is 34.1 Å². The van der Waals surface area contributed by atoms with Crippen LogP contribution in [0.2, 0.25) is 0 Å². The fourth-order valence-corrected chi connectivity index (χ4v) is 5.19. The zero-order chi connectivity index (χ0) is 27.7. The minimum Gasteiger partial charge on any atom is -0.289 e. The summed E-state index contributed by atoms with van der Waals surface area (Å²) in [5, 5.41) is 0. The molecule has 0 aliphatic heterocycles.